The van der Waals surface area contributed by atoms with E-state index in [0.29, 0.717) is 0 Å². The summed E-state index contributed by atoms with van der Waals surface area (Å²) in [7, 11) is 0. The van der Waals surface area contributed by atoms with Crippen molar-refractivity contribution in [2.45, 2.75) is 33.7 Å². The molecule has 96 valence electrons. The number of rotatable bonds is 4. The normalized spacial score (nSPS) is 12.7. The average Bonchev–Trinajstić information content (AvgIpc) is 2.77. The van der Waals surface area contributed by atoms with Gasteiger partial charge in [-0.1, -0.05) is 24.1 Å². The van der Waals surface area contributed by atoms with Crippen LogP contribution >= 0.6 is 0 Å². The smallest absolute Gasteiger partial charge is 0.134 e. The Morgan fingerprint density at radius 3 is 2.39 bits per heavy atom. The molecule has 1 aromatic heterocycles. The van der Waals surface area contributed by atoms with E-state index in [1.807, 2.05) is 0 Å². The molecule has 1 aromatic carbocycles. The fraction of sp³-hybridized carbons (Fsp3) is 0.375. The van der Waals surface area contributed by atoms with Crippen LogP contribution in [0, 0.1) is 13.8 Å². The Balaban J connectivity index is 2.29. The first-order valence-electron chi connectivity index (χ1n) is 6.52. The lowest BCUT2D eigenvalue weighted by atomic mass is 10.1. The Kier molecular flexibility index (Phi) is 3.87. The quantitative estimate of drug-likeness (QED) is 0.869. The molecule has 0 aliphatic carbocycles. The van der Waals surface area contributed by atoms with Gasteiger partial charge in [-0.2, -0.15) is 0 Å². The topological polar surface area (TPSA) is 25.2 Å². The Labute approximate surface area is 109 Å². The summed E-state index contributed by atoms with van der Waals surface area (Å²) in [4.78, 5) is 0. The van der Waals surface area contributed by atoms with E-state index in [0.717, 1.165) is 23.6 Å². The zero-order valence-corrected chi connectivity index (χ0v) is 11.6. The van der Waals surface area contributed by atoms with Crippen LogP contribution in [0.25, 0.3) is 11.3 Å². The zero-order valence-electron chi connectivity index (χ0n) is 11.6. The number of hydrogen-bond acceptors (Lipinski definition) is 2. The van der Waals surface area contributed by atoms with Crippen LogP contribution in [-0.4, -0.2) is 6.54 Å². The fourth-order valence-electron chi connectivity index (χ4n) is 2.26. The summed E-state index contributed by atoms with van der Waals surface area (Å²) in [5.74, 6) is 1.94. The molecule has 18 heavy (non-hydrogen) atoms. The largest absolute Gasteiger partial charge is 0.459 e. The molecule has 1 heterocycles. The maximum absolute atomic E-state index is 5.93. The predicted molar refractivity (Wildman–Crippen MR) is 75.7 cm³/mol. The molecule has 0 aliphatic rings. The van der Waals surface area contributed by atoms with Crippen LogP contribution in [-0.2, 0) is 0 Å². The van der Waals surface area contributed by atoms with Crippen LogP contribution in [0.2, 0.25) is 0 Å². The molecule has 2 aromatic rings. The van der Waals surface area contributed by atoms with E-state index in [9.17, 15) is 0 Å². The van der Waals surface area contributed by atoms with Gasteiger partial charge in [0.05, 0.1) is 6.04 Å². The number of hydrogen-bond donors (Lipinski definition) is 1. The van der Waals surface area contributed by atoms with Crippen molar-refractivity contribution in [2.75, 3.05) is 6.54 Å². The zero-order chi connectivity index (χ0) is 13.1. The van der Waals surface area contributed by atoms with Crippen molar-refractivity contribution < 1.29 is 4.42 Å². The van der Waals surface area contributed by atoms with E-state index in [1.54, 1.807) is 0 Å². The predicted octanol–water partition coefficient (Wildman–Crippen LogP) is 4.23. The Morgan fingerprint density at radius 1 is 1.11 bits per heavy atom. The van der Waals surface area contributed by atoms with Gasteiger partial charge < -0.3 is 9.73 Å². The van der Waals surface area contributed by atoms with Crippen molar-refractivity contribution in [2.24, 2.45) is 0 Å². The fourth-order valence-corrected chi connectivity index (χ4v) is 2.26. The highest BCUT2D eigenvalue weighted by Gasteiger charge is 2.10. The summed E-state index contributed by atoms with van der Waals surface area (Å²) in [6.45, 7) is 9.39. The number of benzene rings is 1. The lowest BCUT2D eigenvalue weighted by Crippen LogP contribution is -2.16. The summed E-state index contributed by atoms with van der Waals surface area (Å²) < 4.78 is 5.93. The highest BCUT2D eigenvalue weighted by molar-refractivity contribution is 5.60. The number of aryl methyl sites for hydroxylation is 2. The van der Waals surface area contributed by atoms with E-state index in [2.05, 4.69) is 63.3 Å². The van der Waals surface area contributed by atoms with Gasteiger partial charge in [0.1, 0.15) is 11.5 Å². The van der Waals surface area contributed by atoms with Gasteiger partial charge in [-0.15, -0.1) is 0 Å². The minimum atomic E-state index is 0.259. The van der Waals surface area contributed by atoms with E-state index in [4.69, 9.17) is 4.42 Å². The van der Waals surface area contributed by atoms with Gasteiger partial charge in [-0.25, -0.2) is 0 Å². The van der Waals surface area contributed by atoms with Crippen LogP contribution in [0.1, 0.15) is 36.8 Å². The Morgan fingerprint density at radius 2 is 1.78 bits per heavy atom. The molecule has 0 spiro atoms. The molecule has 0 radical (unpaired) electrons. The molecule has 2 heteroatoms. The van der Waals surface area contributed by atoms with Gasteiger partial charge in [0.25, 0.3) is 0 Å². The molecular weight excluding hydrogens is 222 g/mol. The van der Waals surface area contributed by atoms with E-state index < -0.39 is 0 Å². The van der Waals surface area contributed by atoms with E-state index in [1.165, 1.54) is 11.1 Å². The first-order chi connectivity index (χ1) is 8.60. The Bertz CT molecular complexity index is 507. The number of furan rings is 1. The third kappa shape index (κ3) is 2.82. The van der Waals surface area contributed by atoms with Gasteiger partial charge in [0.15, 0.2) is 0 Å². The van der Waals surface area contributed by atoms with Crippen LogP contribution in [0.5, 0.6) is 0 Å². The summed E-state index contributed by atoms with van der Waals surface area (Å²) in [5, 5.41) is 3.36. The third-order valence-electron chi connectivity index (χ3n) is 3.07. The molecular formula is C16H21NO. The van der Waals surface area contributed by atoms with Gasteiger partial charge in [-0.3, -0.25) is 0 Å². The van der Waals surface area contributed by atoms with Crippen molar-refractivity contribution in [3.63, 3.8) is 0 Å². The highest BCUT2D eigenvalue weighted by Crippen LogP contribution is 2.26. The monoisotopic (exact) mass is 243 g/mol. The van der Waals surface area contributed by atoms with E-state index in [-0.39, 0.29) is 6.04 Å². The molecule has 0 fully saturated rings. The maximum atomic E-state index is 5.93. The van der Waals surface area contributed by atoms with Gasteiger partial charge in [0, 0.05) is 5.56 Å². The minimum absolute atomic E-state index is 0.259. The summed E-state index contributed by atoms with van der Waals surface area (Å²) in [6.07, 6.45) is 0. The maximum Gasteiger partial charge on any atom is 0.134 e. The van der Waals surface area contributed by atoms with Gasteiger partial charge >= 0.3 is 0 Å². The average molecular weight is 243 g/mol. The second-order valence-corrected chi connectivity index (χ2v) is 4.86. The molecule has 2 rings (SSSR count). The summed E-state index contributed by atoms with van der Waals surface area (Å²) in [5.41, 5.74) is 3.69. The molecule has 0 saturated heterocycles. The molecule has 0 bridgehead atoms. The van der Waals surface area contributed by atoms with Gasteiger partial charge in [0.2, 0.25) is 0 Å². The van der Waals surface area contributed by atoms with Crippen LogP contribution in [0.15, 0.2) is 34.7 Å². The Hall–Kier alpha value is -1.54. The van der Waals surface area contributed by atoms with Crippen LogP contribution < -0.4 is 5.32 Å². The molecule has 0 saturated carbocycles. The van der Waals surface area contributed by atoms with E-state index >= 15 is 0 Å². The SMILES string of the molecule is CCNC(C)c1ccc(-c2cc(C)cc(C)c2)o1. The van der Waals surface area contributed by atoms with Crippen molar-refractivity contribution >= 4 is 0 Å². The van der Waals surface area contributed by atoms with Crippen LogP contribution in [0.4, 0.5) is 0 Å². The van der Waals surface area contributed by atoms with Crippen LogP contribution in [0.3, 0.4) is 0 Å². The first-order valence-corrected chi connectivity index (χ1v) is 6.52. The van der Waals surface area contributed by atoms with Crippen molar-refractivity contribution in [1.29, 1.82) is 0 Å². The molecule has 1 N–H and O–H groups in total. The lowest BCUT2D eigenvalue weighted by Gasteiger charge is -2.08. The van der Waals surface area contributed by atoms with Crippen molar-refractivity contribution in [1.82, 2.24) is 5.32 Å². The number of nitrogens with one attached hydrogen (secondary N) is 1. The third-order valence-corrected chi connectivity index (χ3v) is 3.07. The lowest BCUT2D eigenvalue weighted by molar-refractivity contribution is 0.445. The molecule has 1 unspecified atom stereocenters. The van der Waals surface area contributed by atoms with Crippen molar-refractivity contribution in [3.05, 3.63) is 47.2 Å². The minimum Gasteiger partial charge on any atom is -0.459 e. The molecule has 0 aliphatic heterocycles. The van der Waals surface area contributed by atoms with Crippen molar-refractivity contribution in [3.8, 4) is 11.3 Å². The first kappa shape index (κ1) is 12.9. The highest BCUT2D eigenvalue weighted by atomic mass is 16.3. The molecule has 2 nitrogen and oxygen atoms in total. The van der Waals surface area contributed by atoms with Gasteiger partial charge in [-0.05, 0) is 51.6 Å². The standard InChI is InChI=1S/C16H21NO/c1-5-17-13(4)15-6-7-16(18-15)14-9-11(2)8-12(3)10-14/h6-10,13,17H,5H2,1-4H3. The second-order valence-electron chi connectivity index (χ2n) is 4.86. The second kappa shape index (κ2) is 5.40. The molecule has 0 amide bonds. The summed E-state index contributed by atoms with van der Waals surface area (Å²) in [6, 6.07) is 10.9. The molecule has 1 atom stereocenters. The summed E-state index contributed by atoms with van der Waals surface area (Å²) >= 11 is 0.